The van der Waals surface area contributed by atoms with Crippen LogP contribution in [0.1, 0.15) is 26.2 Å². The third-order valence-electron chi connectivity index (χ3n) is 2.36. The number of hydrogen-bond donors (Lipinski definition) is 1. The highest BCUT2D eigenvalue weighted by Gasteiger charge is 2.18. The number of carbonyl (C=O) groups is 1. The van der Waals surface area contributed by atoms with Gasteiger partial charge in [-0.15, -0.1) is 11.8 Å². The predicted molar refractivity (Wildman–Crippen MR) is 69.1 cm³/mol. The van der Waals surface area contributed by atoms with Crippen molar-refractivity contribution in [3.63, 3.8) is 0 Å². The molecular formula is C10H19NO2S2. The first kappa shape index (κ1) is 14.9. The van der Waals surface area contributed by atoms with Crippen molar-refractivity contribution in [2.45, 2.75) is 32.2 Å². The van der Waals surface area contributed by atoms with E-state index in [0.29, 0.717) is 12.3 Å². The molecule has 15 heavy (non-hydrogen) atoms. The summed E-state index contributed by atoms with van der Waals surface area (Å²) in [6.07, 6.45) is 4.46. The van der Waals surface area contributed by atoms with E-state index < -0.39 is 6.04 Å². The van der Waals surface area contributed by atoms with Crippen LogP contribution in [0.4, 0.5) is 0 Å². The summed E-state index contributed by atoms with van der Waals surface area (Å²) in [6, 6.07) is -0.520. The van der Waals surface area contributed by atoms with Gasteiger partial charge in [-0.1, -0.05) is 19.1 Å². The number of hydrogen-bond acceptors (Lipinski definition) is 5. The molecule has 0 amide bonds. The summed E-state index contributed by atoms with van der Waals surface area (Å²) in [6.45, 7) is 2.09. The number of thioether (sulfide) groups is 1. The van der Waals surface area contributed by atoms with Crippen LogP contribution in [0.15, 0.2) is 0 Å². The van der Waals surface area contributed by atoms with Crippen LogP contribution in [0.25, 0.3) is 0 Å². The zero-order valence-electron chi connectivity index (χ0n) is 9.49. The second kappa shape index (κ2) is 8.07. The number of ether oxygens (including phenoxy) is 1. The number of nitrogens with two attached hydrogens (primary N) is 1. The lowest BCUT2D eigenvalue weighted by Crippen LogP contribution is -2.32. The quantitative estimate of drug-likeness (QED) is 0.576. The Morgan fingerprint density at radius 1 is 1.53 bits per heavy atom. The Hall–Kier alpha value is -0.130. The zero-order chi connectivity index (χ0) is 11.8. The Bertz CT molecular complexity index is 221. The molecule has 0 heterocycles. The molecule has 5 heteroatoms. The summed E-state index contributed by atoms with van der Waals surface area (Å²) in [7, 11) is 1.35. The van der Waals surface area contributed by atoms with Crippen LogP contribution in [0.5, 0.6) is 0 Å². The minimum absolute atomic E-state index is 0.347. The van der Waals surface area contributed by atoms with E-state index in [0.717, 1.165) is 17.0 Å². The second-order valence-corrected chi connectivity index (χ2v) is 4.88. The third-order valence-corrected chi connectivity index (χ3v) is 3.93. The maximum atomic E-state index is 11.1. The molecule has 0 aliphatic rings. The maximum absolute atomic E-state index is 11.1. The Morgan fingerprint density at radius 3 is 2.53 bits per heavy atom. The van der Waals surface area contributed by atoms with Gasteiger partial charge < -0.3 is 10.5 Å². The predicted octanol–water partition coefficient (Wildman–Crippen LogP) is 1.98. The van der Waals surface area contributed by atoms with Crippen molar-refractivity contribution in [1.82, 2.24) is 0 Å². The van der Waals surface area contributed by atoms with Gasteiger partial charge in [-0.2, -0.15) is 0 Å². The molecule has 0 saturated heterocycles. The number of methoxy groups -OCH3 is 1. The highest BCUT2D eigenvalue weighted by atomic mass is 32.2. The standard InChI is InChI=1S/C10H19NO2S2/c1-4-7(10(14)15-3)5-6-8(11)9(12)13-2/h7-8H,4-6,11H2,1-3H3/t7?,8-/m0/s1. The van der Waals surface area contributed by atoms with Crippen LogP contribution in [-0.2, 0) is 9.53 Å². The first-order chi connectivity index (χ1) is 7.06. The Morgan fingerprint density at radius 2 is 2.13 bits per heavy atom. The van der Waals surface area contributed by atoms with Crippen molar-refractivity contribution in [2.75, 3.05) is 13.4 Å². The fourth-order valence-corrected chi connectivity index (χ4v) is 2.21. The van der Waals surface area contributed by atoms with Crippen LogP contribution in [0.3, 0.4) is 0 Å². The molecule has 0 fully saturated rings. The molecule has 3 nitrogen and oxygen atoms in total. The van der Waals surface area contributed by atoms with Gasteiger partial charge >= 0.3 is 5.97 Å². The summed E-state index contributed by atoms with van der Waals surface area (Å²) >= 11 is 6.83. The minimum Gasteiger partial charge on any atom is -0.468 e. The molecular weight excluding hydrogens is 230 g/mol. The van der Waals surface area contributed by atoms with E-state index >= 15 is 0 Å². The Labute approximate surface area is 101 Å². The highest BCUT2D eigenvalue weighted by Crippen LogP contribution is 2.20. The second-order valence-electron chi connectivity index (χ2n) is 3.34. The van der Waals surface area contributed by atoms with E-state index in [-0.39, 0.29) is 5.97 Å². The molecule has 0 aliphatic carbocycles. The smallest absolute Gasteiger partial charge is 0.322 e. The lowest BCUT2D eigenvalue weighted by Gasteiger charge is -2.16. The van der Waals surface area contributed by atoms with Gasteiger partial charge in [0.15, 0.2) is 0 Å². The van der Waals surface area contributed by atoms with Crippen LogP contribution in [-0.4, -0.2) is 29.6 Å². The van der Waals surface area contributed by atoms with Crippen molar-refractivity contribution in [2.24, 2.45) is 11.7 Å². The van der Waals surface area contributed by atoms with Gasteiger partial charge in [-0.3, -0.25) is 4.79 Å². The lowest BCUT2D eigenvalue weighted by molar-refractivity contribution is -0.142. The first-order valence-corrected chi connectivity index (χ1v) is 6.61. The average Bonchev–Trinajstić information content (AvgIpc) is 2.27. The van der Waals surface area contributed by atoms with E-state index in [1.165, 1.54) is 7.11 Å². The van der Waals surface area contributed by atoms with Gasteiger partial charge in [0.25, 0.3) is 0 Å². The molecule has 0 aromatic rings. The SMILES string of the molecule is CCC(CC[C@H](N)C(=O)OC)C(=S)SC. The fourth-order valence-electron chi connectivity index (χ4n) is 1.31. The highest BCUT2D eigenvalue weighted by molar-refractivity contribution is 8.22. The molecule has 0 rings (SSSR count). The average molecular weight is 249 g/mol. The Balaban J connectivity index is 4.00. The third kappa shape index (κ3) is 5.49. The van der Waals surface area contributed by atoms with Crippen LogP contribution >= 0.6 is 24.0 Å². The Kier molecular flexibility index (Phi) is 8.00. The van der Waals surface area contributed by atoms with E-state index in [9.17, 15) is 4.79 Å². The van der Waals surface area contributed by atoms with Crippen molar-refractivity contribution in [3.05, 3.63) is 0 Å². The summed E-state index contributed by atoms with van der Waals surface area (Å²) in [5.41, 5.74) is 5.65. The largest absolute Gasteiger partial charge is 0.468 e. The van der Waals surface area contributed by atoms with Crippen molar-refractivity contribution >= 4 is 34.1 Å². The molecule has 0 aromatic carbocycles. The van der Waals surface area contributed by atoms with Crippen molar-refractivity contribution < 1.29 is 9.53 Å². The molecule has 0 spiro atoms. The molecule has 0 aliphatic heterocycles. The minimum atomic E-state index is -0.520. The molecule has 88 valence electrons. The fraction of sp³-hybridized carbons (Fsp3) is 0.800. The molecule has 0 radical (unpaired) electrons. The first-order valence-electron chi connectivity index (χ1n) is 4.98. The van der Waals surface area contributed by atoms with Crippen molar-refractivity contribution in [3.8, 4) is 0 Å². The monoisotopic (exact) mass is 249 g/mol. The topological polar surface area (TPSA) is 52.3 Å². The van der Waals surface area contributed by atoms with Crippen LogP contribution in [0.2, 0.25) is 0 Å². The van der Waals surface area contributed by atoms with Gasteiger partial charge in [0.05, 0.1) is 11.3 Å². The molecule has 1 unspecified atom stereocenters. The van der Waals surface area contributed by atoms with Crippen LogP contribution < -0.4 is 5.73 Å². The summed E-state index contributed by atoms with van der Waals surface area (Å²) in [5.74, 6) is 0.0191. The number of thiocarbonyl (C=S) groups is 1. The van der Waals surface area contributed by atoms with Gasteiger partial charge in [0, 0.05) is 0 Å². The van der Waals surface area contributed by atoms with Gasteiger partial charge in [-0.05, 0) is 31.4 Å². The molecule has 0 aromatic heterocycles. The van der Waals surface area contributed by atoms with E-state index in [1.807, 2.05) is 6.26 Å². The van der Waals surface area contributed by atoms with E-state index in [1.54, 1.807) is 11.8 Å². The number of esters is 1. The molecule has 2 N–H and O–H groups in total. The van der Waals surface area contributed by atoms with Gasteiger partial charge in [-0.25, -0.2) is 0 Å². The molecule has 2 atom stereocenters. The summed E-state index contributed by atoms with van der Waals surface area (Å²) in [5, 5.41) is 0. The van der Waals surface area contributed by atoms with Crippen molar-refractivity contribution in [1.29, 1.82) is 0 Å². The lowest BCUT2D eigenvalue weighted by atomic mass is 9.99. The zero-order valence-corrected chi connectivity index (χ0v) is 11.1. The number of carbonyl (C=O) groups excluding carboxylic acids is 1. The summed E-state index contributed by atoms with van der Waals surface area (Å²) < 4.78 is 5.56. The van der Waals surface area contributed by atoms with E-state index in [4.69, 9.17) is 18.0 Å². The van der Waals surface area contributed by atoms with E-state index in [2.05, 4.69) is 11.7 Å². The maximum Gasteiger partial charge on any atom is 0.322 e. The normalized spacial score (nSPS) is 14.4. The summed E-state index contributed by atoms with van der Waals surface area (Å²) in [4.78, 5) is 11.1. The van der Waals surface area contributed by atoms with Gasteiger partial charge in [0.1, 0.15) is 6.04 Å². The van der Waals surface area contributed by atoms with Gasteiger partial charge in [0.2, 0.25) is 0 Å². The molecule has 0 saturated carbocycles. The van der Waals surface area contributed by atoms with Crippen LogP contribution in [0, 0.1) is 5.92 Å². The molecule has 0 bridgehead atoms. The number of rotatable bonds is 6.